The molecule has 0 atom stereocenters. The molecule has 1 heterocycles. The van der Waals surface area contributed by atoms with Crippen molar-refractivity contribution in [2.24, 2.45) is 5.10 Å². The summed E-state index contributed by atoms with van der Waals surface area (Å²) in [5.41, 5.74) is 1.93. The maximum atomic E-state index is 13.0. The highest BCUT2D eigenvalue weighted by atomic mass is 32.2. The number of hydrogen-bond acceptors (Lipinski definition) is 5. The third-order valence-electron chi connectivity index (χ3n) is 4.61. The highest BCUT2D eigenvalue weighted by Crippen LogP contribution is 2.17. The van der Waals surface area contributed by atoms with Crippen molar-refractivity contribution in [3.63, 3.8) is 0 Å². The van der Waals surface area contributed by atoms with Crippen molar-refractivity contribution in [3.8, 4) is 0 Å². The number of rotatable bonds is 5. The van der Waals surface area contributed by atoms with Crippen molar-refractivity contribution >= 4 is 32.6 Å². The van der Waals surface area contributed by atoms with Crippen molar-refractivity contribution in [1.29, 1.82) is 0 Å². The van der Waals surface area contributed by atoms with Gasteiger partial charge in [0.1, 0.15) is 11.1 Å². The highest BCUT2D eigenvalue weighted by Gasteiger charge is 2.16. The number of nitrogens with one attached hydrogen (secondary N) is 2. The molecule has 31 heavy (non-hydrogen) atoms. The number of amides is 1. The van der Waals surface area contributed by atoms with E-state index in [4.69, 9.17) is 4.42 Å². The molecule has 0 saturated carbocycles. The van der Waals surface area contributed by atoms with Gasteiger partial charge < -0.3 is 9.73 Å². The van der Waals surface area contributed by atoms with E-state index in [1.807, 2.05) is 31.2 Å². The zero-order valence-electron chi connectivity index (χ0n) is 16.6. The lowest BCUT2D eigenvalue weighted by molar-refractivity contribution is 0.102. The molecule has 1 amide bonds. The third-order valence-corrected chi connectivity index (χ3v) is 5.84. The lowest BCUT2D eigenvalue weighted by Gasteiger charge is -2.09. The van der Waals surface area contributed by atoms with Crippen molar-refractivity contribution in [1.82, 2.24) is 4.83 Å². The van der Waals surface area contributed by atoms with Crippen LogP contribution in [0.15, 0.2) is 99.3 Å². The lowest BCUT2D eigenvalue weighted by atomic mass is 10.1. The number of hydrogen-bond donors (Lipinski definition) is 2. The minimum absolute atomic E-state index is 0.0467. The smallest absolute Gasteiger partial charge is 0.276 e. The van der Waals surface area contributed by atoms with Crippen LogP contribution in [0.25, 0.3) is 11.0 Å². The highest BCUT2D eigenvalue weighted by molar-refractivity contribution is 7.89. The average Bonchev–Trinajstić information content (AvgIpc) is 2.79. The van der Waals surface area contributed by atoms with E-state index in [0.717, 1.165) is 5.56 Å². The van der Waals surface area contributed by atoms with E-state index in [9.17, 15) is 13.2 Å². The average molecular weight is 433 g/mol. The van der Waals surface area contributed by atoms with Crippen molar-refractivity contribution in [2.75, 3.05) is 5.32 Å². The molecule has 4 aromatic rings. The molecule has 0 aliphatic rings. The number of aryl methyl sites for hydroxylation is 1. The van der Waals surface area contributed by atoms with Gasteiger partial charge in [0.05, 0.1) is 4.90 Å². The van der Waals surface area contributed by atoms with Crippen molar-refractivity contribution in [3.05, 3.63) is 102 Å². The minimum atomic E-state index is -3.93. The normalized spacial score (nSPS) is 12.0. The van der Waals surface area contributed by atoms with Crippen LogP contribution in [0.3, 0.4) is 0 Å². The Hall–Kier alpha value is -3.91. The molecule has 0 fully saturated rings. The van der Waals surface area contributed by atoms with Gasteiger partial charge in [-0.2, -0.15) is 13.2 Å². The van der Waals surface area contributed by atoms with Gasteiger partial charge in [0, 0.05) is 11.1 Å². The number of sulfonamides is 1. The lowest BCUT2D eigenvalue weighted by Crippen LogP contribution is -2.27. The van der Waals surface area contributed by atoms with Gasteiger partial charge in [0.25, 0.3) is 15.9 Å². The van der Waals surface area contributed by atoms with Gasteiger partial charge in [0.15, 0.2) is 0 Å². The molecular formula is C23H19N3O4S. The molecule has 0 spiro atoms. The molecule has 0 saturated heterocycles. The summed E-state index contributed by atoms with van der Waals surface area (Å²) in [7, 11) is -3.93. The van der Waals surface area contributed by atoms with E-state index in [0.29, 0.717) is 16.7 Å². The summed E-state index contributed by atoms with van der Waals surface area (Å²) in [4.78, 5) is 15.2. The first-order chi connectivity index (χ1) is 14.9. The minimum Gasteiger partial charge on any atom is -0.436 e. The summed E-state index contributed by atoms with van der Waals surface area (Å²) in [6.07, 6.45) is 0. The van der Waals surface area contributed by atoms with Crippen molar-refractivity contribution < 1.29 is 17.6 Å². The number of para-hydroxylation sites is 2. The number of nitrogens with zero attached hydrogens (tertiary/aromatic N) is 1. The number of fused-ring (bicyclic) bond motifs is 1. The summed E-state index contributed by atoms with van der Waals surface area (Å²) < 4.78 is 30.8. The summed E-state index contributed by atoms with van der Waals surface area (Å²) in [6.45, 7) is 1.87. The first-order valence-corrected chi connectivity index (χ1v) is 10.9. The Morgan fingerprint density at radius 2 is 1.58 bits per heavy atom. The second kappa shape index (κ2) is 8.45. The number of benzene rings is 3. The van der Waals surface area contributed by atoms with Crippen LogP contribution in [0.5, 0.6) is 0 Å². The molecule has 0 aliphatic carbocycles. The molecule has 7 nitrogen and oxygen atoms in total. The van der Waals surface area contributed by atoms with E-state index in [2.05, 4.69) is 15.2 Å². The van der Waals surface area contributed by atoms with Gasteiger partial charge in [-0.25, -0.2) is 0 Å². The van der Waals surface area contributed by atoms with Crippen LogP contribution in [-0.2, 0) is 10.0 Å². The summed E-state index contributed by atoms with van der Waals surface area (Å²) >= 11 is 0. The molecule has 0 radical (unpaired) electrons. The molecule has 0 aliphatic heterocycles. The van der Waals surface area contributed by atoms with Crippen LogP contribution < -0.4 is 15.7 Å². The first kappa shape index (κ1) is 20.4. The van der Waals surface area contributed by atoms with Gasteiger partial charge in [-0.1, -0.05) is 54.6 Å². The monoisotopic (exact) mass is 433 g/mol. The summed E-state index contributed by atoms with van der Waals surface area (Å²) in [6, 6.07) is 23.9. The molecule has 156 valence electrons. The molecular weight excluding hydrogens is 414 g/mol. The van der Waals surface area contributed by atoms with E-state index in [1.165, 1.54) is 12.1 Å². The molecule has 0 bridgehead atoms. The Bertz CT molecular complexity index is 1430. The van der Waals surface area contributed by atoms with Crippen LogP contribution in [0.2, 0.25) is 0 Å². The predicted octanol–water partition coefficient (Wildman–Crippen LogP) is 3.79. The van der Waals surface area contributed by atoms with Gasteiger partial charge in [0.2, 0.25) is 5.55 Å². The van der Waals surface area contributed by atoms with Crippen LogP contribution in [-0.4, -0.2) is 14.3 Å². The maximum absolute atomic E-state index is 13.0. The number of anilines is 1. The molecule has 0 unspecified atom stereocenters. The third kappa shape index (κ3) is 4.49. The van der Waals surface area contributed by atoms with Crippen LogP contribution in [0.1, 0.15) is 15.9 Å². The van der Waals surface area contributed by atoms with Crippen LogP contribution >= 0.6 is 0 Å². The van der Waals surface area contributed by atoms with E-state index >= 15 is 0 Å². The largest absolute Gasteiger partial charge is 0.436 e. The predicted molar refractivity (Wildman–Crippen MR) is 118 cm³/mol. The Labute approximate surface area is 179 Å². The SMILES string of the molecule is Cc1ccccc1NC(=O)c1cc2ccccc2oc1=NNS(=O)(=O)c1ccccc1. The van der Waals surface area contributed by atoms with E-state index < -0.39 is 15.9 Å². The van der Waals surface area contributed by atoms with Crippen LogP contribution in [0, 0.1) is 6.92 Å². The fourth-order valence-corrected chi connectivity index (χ4v) is 3.80. The topological polar surface area (TPSA) is 101 Å². The Morgan fingerprint density at radius 1 is 0.903 bits per heavy atom. The molecule has 3 aromatic carbocycles. The second-order valence-electron chi connectivity index (χ2n) is 6.79. The molecule has 2 N–H and O–H groups in total. The number of carbonyl (C=O) groups is 1. The van der Waals surface area contributed by atoms with Crippen LogP contribution in [0.4, 0.5) is 5.69 Å². The van der Waals surface area contributed by atoms with Gasteiger partial charge in [-0.05, 0) is 42.8 Å². The van der Waals surface area contributed by atoms with Gasteiger partial charge in [-0.3, -0.25) is 4.79 Å². The standard InChI is InChI=1S/C23H19N3O4S/c1-16-9-5-7-13-20(16)24-22(27)19-15-17-10-6-8-14-21(17)30-23(19)25-26-31(28,29)18-11-3-2-4-12-18/h2-15,26H,1H3,(H,24,27). The first-order valence-electron chi connectivity index (χ1n) is 9.44. The number of carbonyl (C=O) groups excluding carboxylic acids is 1. The fraction of sp³-hybridized carbons (Fsp3) is 0.0435. The second-order valence-corrected chi connectivity index (χ2v) is 8.45. The molecule has 8 heteroatoms. The molecule has 4 rings (SSSR count). The fourth-order valence-electron chi connectivity index (χ4n) is 2.97. The maximum Gasteiger partial charge on any atom is 0.276 e. The molecule has 1 aromatic heterocycles. The Kier molecular flexibility index (Phi) is 5.55. The van der Waals surface area contributed by atoms with Gasteiger partial charge in [-0.15, -0.1) is 5.10 Å². The van der Waals surface area contributed by atoms with E-state index in [-0.39, 0.29) is 16.0 Å². The van der Waals surface area contributed by atoms with Gasteiger partial charge >= 0.3 is 0 Å². The quantitative estimate of drug-likeness (QED) is 0.468. The Balaban J connectivity index is 1.77. The summed E-state index contributed by atoms with van der Waals surface area (Å²) in [5, 5.41) is 7.43. The Morgan fingerprint density at radius 3 is 2.35 bits per heavy atom. The van der Waals surface area contributed by atoms with E-state index in [1.54, 1.807) is 48.5 Å². The van der Waals surface area contributed by atoms with Crippen molar-refractivity contribution in [2.45, 2.75) is 11.8 Å². The zero-order chi connectivity index (χ0) is 21.8. The summed E-state index contributed by atoms with van der Waals surface area (Å²) in [5.74, 6) is -0.471. The zero-order valence-corrected chi connectivity index (χ0v) is 17.4.